The van der Waals surface area contributed by atoms with Crippen molar-refractivity contribution in [3.63, 3.8) is 0 Å². The van der Waals surface area contributed by atoms with E-state index in [-0.39, 0.29) is 5.54 Å². The summed E-state index contributed by atoms with van der Waals surface area (Å²) in [5.74, 6) is 2.57. The summed E-state index contributed by atoms with van der Waals surface area (Å²) in [4.78, 5) is 9.55. The first-order valence-electron chi connectivity index (χ1n) is 8.47. The Bertz CT molecular complexity index is 454. The van der Waals surface area contributed by atoms with Gasteiger partial charge in [-0.25, -0.2) is 9.97 Å². The van der Waals surface area contributed by atoms with E-state index in [9.17, 15) is 0 Å². The number of hydrogen-bond acceptors (Lipinski definition) is 3. The van der Waals surface area contributed by atoms with Crippen LogP contribution >= 0.6 is 0 Å². The van der Waals surface area contributed by atoms with Crippen molar-refractivity contribution in [2.24, 2.45) is 5.92 Å². The molecular formula is C18H31N3. The van der Waals surface area contributed by atoms with E-state index in [0.717, 1.165) is 29.7 Å². The zero-order chi connectivity index (χ0) is 15.5. The fraction of sp³-hybridized carbons (Fsp3) is 0.778. The molecule has 1 aromatic heterocycles. The molecule has 1 aliphatic carbocycles. The van der Waals surface area contributed by atoms with Gasteiger partial charge in [0.25, 0.3) is 0 Å². The average molecular weight is 289 g/mol. The van der Waals surface area contributed by atoms with Gasteiger partial charge >= 0.3 is 0 Å². The molecule has 0 bridgehead atoms. The molecule has 0 saturated heterocycles. The lowest BCUT2D eigenvalue weighted by Gasteiger charge is -2.27. The number of aromatic nitrogens is 2. The van der Waals surface area contributed by atoms with Crippen LogP contribution in [0.25, 0.3) is 0 Å². The van der Waals surface area contributed by atoms with Gasteiger partial charge in [-0.05, 0) is 65.4 Å². The Hall–Kier alpha value is -0.960. The summed E-state index contributed by atoms with van der Waals surface area (Å²) in [6.07, 6.45) is 6.52. The van der Waals surface area contributed by atoms with Crippen molar-refractivity contribution in [3.05, 3.63) is 23.3 Å². The van der Waals surface area contributed by atoms with Gasteiger partial charge in [0.15, 0.2) is 0 Å². The summed E-state index contributed by atoms with van der Waals surface area (Å²) in [5, 5.41) is 3.52. The van der Waals surface area contributed by atoms with E-state index in [4.69, 9.17) is 9.97 Å². The molecule has 3 heteroatoms. The minimum atomic E-state index is 0.123. The summed E-state index contributed by atoms with van der Waals surface area (Å²) in [7, 11) is 0. The second-order valence-electron chi connectivity index (χ2n) is 7.59. The number of rotatable bonds is 4. The van der Waals surface area contributed by atoms with E-state index >= 15 is 0 Å². The molecule has 0 radical (unpaired) electrons. The van der Waals surface area contributed by atoms with E-state index in [0.29, 0.717) is 5.92 Å². The van der Waals surface area contributed by atoms with E-state index in [1.807, 2.05) is 0 Å². The number of nitrogens with one attached hydrogen (secondary N) is 1. The minimum absolute atomic E-state index is 0.123. The lowest BCUT2D eigenvalue weighted by atomic mass is 9.80. The van der Waals surface area contributed by atoms with Crippen LogP contribution in [0.5, 0.6) is 0 Å². The summed E-state index contributed by atoms with van der Waals surface area (Å²) < 4.78 is 0. The molecule has 1 fully saturated rings. The molecule has 0 aliphatic heterocycles. The third-order valence-electron chi connectivity index (χ3n) is 4.51. The van der Waals surface area contributed by atoms with Crippen molar-refractivity contribution in [2.45, 2.75) is 84.7 Å². The number of hydrogen-bond donors (Lipinski definition) is 1. The third-order valence-corrected chi connectivity index (χ3v) is 4.51. The maximum atomic E-state index is 4.84. The minimum Gasteiger partial charge on any atom is -0.306 e. The standard InChI is InChI=1S/C18H31N3/c1-6-14-7-9-15(10-8-14)17-20-13(2)11-16(21-17)12-19-18(3,4)5/h11,14-15,19H,6-10,12H2,1-5H3. The summed E-state index contributed by atoms with van der Waals surface area (Å²) in [6, 6.07) is 2.11. The Morgan fingerprint density at radius 2 is 1.81 bits per heavy atom. The van der Waals surface area contributed by atoms with Gasteiger partial charge < -0.3 is 5.32 Å². The van der Waals surface area contributed by atoms with Gasteiger partial charge in [0.1, 0.15) is 5.82 Å². The van der Waals surface area contributed by atoms with E-state index in [1.165, 1.54) is 32.1 Å². The van der Waals surface area contributed by atoms with Crippen LogP contribution in [0.1, 0.15) is 82.9 Å². The lowest BCUT2D eigenvalue weighted by molar-refractivity contribution is 0.311. The smallest absolute Gasteiger partial charge is 0.131 e. The second-order valence-corrected chi connectivity index (χ2v) is 7.59. The molecular weight excluding hydrogens is 258 g/mol. The monoisotopic (exact) mass is 289 g/mol. The van der Waals surface area contributed by atoms with Gasteiger partial charge in [-0.3, -0.25) is 0 Å². The summed E-state index contributed by atoms with van der Waals surface area (Å²) >= 11 is 0. The zero-order valence-corrected chi connectivity index (χ0v) is 14.4. The molecule has 0 aromatic carbocycles. The van der Waals surface area contributed by atoms with E-state index < -0.39 is 0 Å². The maximum absolute atomic E-state index is 4.84. The van der Waals surface area contributed by atoms with Crippen LogP contribution in [0.2, 0.25) is 0 Å². The topological polar surface area (TPSA) is 37.8 Å². The molecule has 1 aromatic rings. The number of nitrogens with zero attached hydrogens (tertiary/aromatic N) is 2. The first kappa shape index (κ1) is 16.4. The van der Waals surface area contributed by atoms with Crippen molar-refractivity contribution in [1.29, 1.82) is 0 Å². The van der Waals surface area contributed by atoms with Crippen molar-refractivity contribution < 1.29 is 0 Å². The molecule has 1 heterocycles. The molecule has 1 saturated carbocycles. The molecule has 118 valence electrons. The van der Waals surface area contributed by atoms with Crippen LogP contribution in [0, 0.1) is 12.8 Å². The zero-order valence-electron chi connectivity index (χ0n) is 14.4. The van der Waals surface area contributed by atoms with Crippen LogP contribution in [0.15, 0.2) is 6.07 Å². The average Bonchev–Trinajstić information content (AvgIpc) is 2.44. The molecule has 0 amide bonds. The molecule has 1 N–H and O–H groups in total. The van der Waals surface area contributed by atoms with Gasteiger partial charge in [0.05, 0.1) is 5.69 Å². The molecule has 21 heavy (non-hydrogen) atoms. The largest absolute Gasteiger partial charge is 0.306 e. The molecule has 0 spiro atoms. The first-order chi connectivity index (χ1) is 9.87. The van der Waals surface area contributed by atoms with Crippen LogP contribution in [-0.2, 0) is 6.54 Å². The highest BCUT2D eigenvalue weighted by Gasteiger charge is 2.23. The number of aryl methyl sites for hydroxylation is 1. The van der Waals surface area contributed by atoms with Gasteiger partial charge in [-0.1, -0.05) is 13.3 Å². The molecule has 3 nitrogen and oxygen atoms in total. The summed E-state index contributed by atoms with van der Waals surface area (Å²) in [6.45, 7) is 11.8. The fourth-order valence-corrected chi connectivity index (χ4v) is 3.12. The Kier molecular flexibility index (Phi) is 5.37. The van der Waals surface area contributed by atoms with Crippen LogP contribution in [0.4, 0.5) is 0 Å². The highest BCUT2D eigenvalue weighted by Crippen LogP contribution is 2.35. The van der Waals surface area contributed by atoms with Gasteiger partial charge in [-0.15, -0.1) is 0 Å². The Morgan fingerprint density at radius 1 is 1.14 bits per heavy atom. The Morgan fingerprint density at radius 3 is 2.38 bits per heavy atom. The second kappa shape index (κ2) is 6.87. The molecule has 0 unspecified atom stereocenters. The van der Waals surface area contributed by atoms with Crippen LogP contribution in [-0.4, -0.2) is 15.5 Å². The van der Waals surface area contributed by atoms with E-state index in [1.54, 1.807) is 0 Å². The molecule has 0 atom stereocenters. The predicted molar refractivity (Wildman–Crippen MR) is 88.4 cm³/mol. The van der Waals surface area contributed by atoms with Gasteiger partial charge in [0, 0.05) is 23.7 Å². The Labute approximate surface area is 130 Å². The van der Waals surface area contributed by atoms with Crippen LogP contribution in [0.3, 0.4) is 0 Å². The predicted octanol–water partition coefficient (Wildman–Crippen LogP) is 4.36. The fourth-order valence-electron chi connectivity index (χ4n) is 3.12. The SMILES string of the molecule is CCC1CCC(c2nc(C)cc(CNC(C)(C)C)n2)CC1. The third kappa shape index (κ3) is 5.06. The van der Waals surface area contributed by atoms with Crippen LogP contribution < -0.4 is 5.32 Å². The normalized spacial score (nSPS) is 23.3. The van der Waals surface area contributed by atoms with Crippen molar-refractivity contribution in [2.75, 3.05) is 0 Å². The van der Waals surface area contributed by atoms with E-state index in [2.05, 4.69) is 46.0 Å². The Balaban J connectivity index is 2.05. The van der Waals surface area contributed by atoms with Crippen molar-refractivity contribution >= 4 is 0 Å². The van der Waals surface area contributed by atoms with Crippen molar-refractivity contribution in [3.8, 4) is 0 Å². The van der Waals surface area contributed by atoms with Crippen molar-refractivity contribution in [1.82, 2.24) is 15.3 Å². The quantitative estimate of drug-likeness (QED) is 0.895. The lowest BCUT2D eigenvalue weighted by Crippen LogP contribution is -2.35. The molecule has 2 rings (SSSR count). The molecule has 1 aliphatic rings. The first-order valence-corrected chi connectivity index (χ1v) is 8.47. The highest BCUT2D eigenvalue weighted by atomic mass is 15.0. The summed E-state index contributed by atoms with van der Waals surface area (Å²) in [5.41, 5.74) is 2.35. The van der Waals surface area contributed by atoms with Gasteiger partial charge in [-0.2, -0.15) is 0 Å². The highest BCUT2D eigenvalue weighted by molar-refractivity contribution is 5.13. The van der Waals surface area contributed by atoms with Gasteiger partial charge in [0.2, 0.25) is 0 Å². The maximum Gasteiger partial charge on any atom is 0.131 e.